The van der Waals surface area contributed by atoms with Crippen LogP contribution in [0.5, 0.6) is 0 Å². The van der Waals surface area contributed by atoms with Crippen LogP contribution < -0.4 is 0 Å². The van der Waals surface area contributed by atoms with E-state index in [0.29, 0.717) is 12.1 Å². The van der Waals surface area contributed by atoms with Gasteiger partial charge in [0.15, 0.2) is 0 Å². The van der Waals surface area contributed by atoms with Gasteiger partial charge in [-0.05, 0) is 31.5 Å². The quantitative estimate of drug-likeness (QED) is 0.943. The Bertz CT molecular complexity index is 749. The molecule has 124 valence electrons. The molecule has 1 aliphatic rings. The summed E-state index contributed by atoms with van der Waals surface area (Å²) in [6.45, 7) is 4.61. The van der Waals surface area contributed by atoms with Crippen LogP contribution in [-0.4, -0.2) is 35.0 Å². The van der Waals surface area contributed by atoms with Gasteiger partial charge in [-0.3, -0.25) is 9.59 Å². The Balaban J connectivity index is 1.87. The van der Waals surface area contributed by atoms with Crippen LogP contribution >= 0.6 is 0 Å². The summed E-state index contributed by atoms with van der Waals surface area (Å²) in [5, 5.41) is 9.57. The standard InChI is InChI=1S/C20H21NO3/c1-13-8-14(2)10-16(9-13)19(22)21-11-17(18(12-21)20(23)24)15-6-4-3-5-7-15/h3-10,17-18H,11-12H2,1-2H3,(H,23,24)/t17-,18+/m1/s1. The topological polar surface area (TPSA) is 57.6 Å². The van der Waals surface area contributed by atoms with E-state index in [4.69, 9.17) is 0 Å². The molecule has 24 heavy (non-hydrogen) atoms. The second kappa shape index (κ2) is 6.48. The molecule has 0 saturated carbocycles. The summed E-state index contributed by atoms with van der Waals surface area (Å²) in [7, 11) is 0. The number of rotatable bonds is 3. The molecule has 2 aromatic rings. The van der Waals surface area contributed by atoms with Crippen molar-refractivity contribution in [3.8, 4) is 0 Å². The Morgan fingerprint density at radius 2 is 1.62 bits per heavy atom. The van der Waals surface area contributed by atoms with E-state index in [9.17, 15) is 14.7 Å². The third kappa shape index (κ3) is 3.18. The zero-order valence-electron chi connectivity index (χ0n) is 13.9. The molecule has 0 radical (unpaired) electrons. The lowest BCUT2D eigenvalue weighted by Crippen LogP contribution is -2.30. The van der Waals surface area contributed by atoms with Crippen LogP contribution in [-0.2, 0) is 4.79 Å². The third-order valence-electron chi connectivity index (χ3n) is 4.62. The molecule has 1 N–H and O–H groups in total. The van der Waals surface area contributed by atoms with E-state index < -0.39 is 11.9 Å². The maximum absolute atomic E-state index is 12.8. The molecule has 0 bridgehead atoms. The summed E-state index contributed by atoms with van der Waals surface area (Å²) in [5.74, 6) is -1.67. The Morgan fingerprint density at radius 1 is 1.00 bits per heavy atom. The monoisotopic (exact) mass is 323 g/mol. The van der Waals surface area contributed by atoms with E-state index in [1.165, 1.54) is 0 Å². The van der Waals surface area contributed by atoms with E-state index in [1.54, 1.807) is 4.90 Å². The number of carbonyl (C=O) groups is 2. The summed E-state index contributed by atoms with van der Waals surface area (Å²) in [6.07, 6.45) is 0. The summed E-state index contributed by atoms with van der Waals surface area (Å²) >= 11 is 0. The number of amides is 1. The fourth-order valence-corrected chi connectivity index (χ4v) is 3.54. The van der Waals surface area contributed by atoms with Crippen molar-refractivity contribution in [2.45, 2.75) is 19.8 Å². The second-order valence-corrected chi connectivity index (χ2v) is 6.55. The van der Waals surface area contributed by atoms with Gasteiger partial charge in [0.05, 0.1) is 5.92 Å². The normalized spacial score (nSPS) is 20.2. The number of hydrogen-bond acceptors (Lipinski definition) is 2. The molecular weight excluding hydrogens is 302 g/mol. The third-order valence-corrected chi connectivity index (χ3v) is 4.62. The Kier molecular flexibility index (Phi) is 4.38. The number of carboxylic acid groups (broad SMARTS) is 1. The van der Waals surface area contributed by atoms with Crippen LogP contribution in [0.3, 0.4) is 0 Å². The van der Waals surface area contributed by atoms with Gasteiger partial charge in [-0.25, -0.2) is 0 Å². The molecule has 4 heteroatoms. The van der Waals surface area contributed by atoms with E-state index in [2.05, 4.69) is 0 Å². The number of nitrogens with zero attached hydrogens (tertiary/aromatic N) is 1. The van der Waals surface area contributed by atoms with Gasteiger partial charge >= 0.3 is 5.97 Å². The van der Waals surface area contributed by atoms with Crippen molar-refractivity contribution in [2.75, 3.05) is 13.1 Å². The first-order chi connectivity index (χ1) is 11.5. The fraction of sp³-hybridized carbons (Fsp3) is 0.300. The second-order valence-electron chi connectivity index (χ2n) is 6.55. The average Bonchev–Trinajstić information content (AvgIpc) is 2.99. The molecule has 1 amide bonds. The van der Waals surface area contributed by atoms with E-state index in [1.807, 2.05) is 62.4 Å². The van der Waals surface area contributed by atoms with Gasteiger partial charge in [0.2, 0.25) is 0 Å². The van der Waals surface area contributed by atoms with Gasteiger partial charge < -0.3 is 10.0 Å². The molecule has 0 aromatic heterocycles. The van der Waals surface area contributed by atoms with Crippen LogP contribution in [0.4, 0.5) is 0 Å². The van der Waals surface area contributed by atoms with Crippen molar-refractivity contribution >= 4 is 11.9 Å². The number of benzene rings is 2. The van der Waals surface area contributed by atoms with Crippen LogP contribution in [0.15, 0.2) is 48.5 Å². The van der Waals surface area contributed by atoms with Crippen LogP contribution in [0.1, 0.15) is 33.0 Å². The number of likely N-dealkylation sites (tertiary alicyclic amines) is 1. The first-order valence-electron chi connectivity index (χ1n) is 8.11. The Labute approximate surface area is 141 Å². The van der Waals surface area contributed by atoms with E-state index in [-0.39, 0.29) is 18.4 Å². The molecule has 4 nitrogen and oxygen atoms in total. The van der Waals surface area contributed by atoms with Crippen LogP contribution in [0.2, 0.25) is 0 Å². The molecular formula is C20H21NO3. The lowest BCUT2D eigenvalue weighted by Gasteiger charge is -2.17. The van der Waals surface area contributed by atoms with Gasteiger partial charge in [0, 0.05) is 24.6 Å². The predicted octanol–water partition coefficient (Wildman–Crippen LogP) is 3.24. The summed E-state index contributed by atoms with van der Waals surface area (Å²) in [5.41, 5.74) is 3.67. The van der Waals surface area contributed by atoms with Crippen molar-refractivity contribution in [3.63, 3.8) is 0 Å². The molecule has 2 atom stereocenters. The summed E-state index contributed by atoms with van der Waals surface area (Å²) in [4.78, 5) is 26.2. The minimum atomic E-state index is -0.848. The van der Waals surface area contributed by atoms with Crippen molar-refractivity contribution in [1.82, 2.24) is 4.90 Å². The number of aliphatic carboxylic acids is 1. The van der Waals surface area contributed by atoms with Gasteiger partial charge in [-0.15, -0.1) is 0 Å². The summed E-state index contributed by atoms with van der Waals surface area (Å²) < 4.78 is 0. The van der Waals surface area contributed by atoms with Crippen LogP contribution in [0.25, 0.3) is 0 Å². The Morgan fingerprint density at radius 3 is 2.21 bits per heavy atom. The first kappa shape index (κ1) is 16.2. The molecule has 1 aliphatic heterocycles. The highest BCUT2D eigenvalue weighted by Gasteiger charge is 2.40. The maximum atomic E-state index is 12.8. The first-order valence-corrected chi connectivity index (χ1v) is 8.11. The highest BCUT2D eigenvalue weighted by molar-refractivity contribution is 5.95. The lowest BCUT2D eigenvalue weighted by molar-refractivity contribution is -0.141. The van der Waals surface area contributed by atoms with Gasteiger partial charge in [0.1, 0.15) is 0 Å². The number of aryl methyl sites for hydroxylation is 2. The fourth-order valence-electron chi connectivity index (χ4n) is 3.54. The highest BCUT2D eigenvalue weighted by atomic mass is 16.4. The van der Waals surface area contributed by atoms with Crippen molar-refractivity contribution < 1.29 is 14.7 Å². The smallest absolute Gasteiger partial charge is 0.308 e. The molecule has 0 spiro atoms. The number of hydrogen-bond donors (Lipinski definition) is 1. The maximum Gasteiger partial charge on any atom is 0.308 e. The molecule has 3 rings (SSSR count). The molecule has 0 aliphatic carbocycles. The van der Waals surface area contributed by atoms with Crippen LogP contribution in [0, 0.1) is 19.8 Å². The molecule has 0 unspecified atom stereocenters. The Hall–Kier alpha value is -2.62. The van der Waals surface area contributed by atoms with E-state index in [0.717, 1.165) is 16.7 Å². The van der Waals surface area contributed by atoms with Gasteiger partial charge in [-0.2, -0.15) is 0 Å². The minimum Gasteiger partial charge on any atom is -0.481 e. The average molecular weight is 323 g/mol. The van der Waals surface area contributed by atoms with Gasteiger partial charge in [0.25, 0.3) is 5.91 Å². The minimum absolute atomic E-state index is 0.0912. The molecule has 2 aromatic carbocycles. The number of carboxylic acids is 1. The zero-order valence-corrected chi connectivity index (χ0v) is 13.9. The van der Waals surface area contributed by atoms with E-state index >= 15 is 0 Å². The van der Waals surface area contributed by atoms with Crippen molar-refractivity contribution in [3.05, 3.63) is 70.8 Å². The van der Waals surface area contributed by atoms with Crippen molar-refractivity contribution in [1.29, 1.82) is 0 Å². The molecule has 1 heterocycles. The SMILES string of the molecule is Cc1cc(C)cc(C(=O)N2C[C@H](C(=O)O)[C@@H](c3ccccc3)C2)c1. The van der Waals surface area contributed by atoms with Crippen molar-refractivity contribution in [2.24, 2.45) is 5.92 Å². The van der Waals surface area contributed by atoms with Gasteiger partial charge in [-0.1, -0.05) is 47.5 Å². The molecule has 1 fully saturated rings. The zero-order chi connectivity index (χ0) is 17.3. The predicted molar refractivity (Wildman–Crippen MR) is 92.1 cm³/mol. The molecule has 1 saturated heterocycles. The largest absolute Gasteiger partial charge is 0.481 e. The highest BCUT2D eigenvalue weighted by Crippen LogP contribution is 2.33. The number of carbonyl (C=O) groups excluding carboxylic acids is 1. The lowest BCUT2D eigenvalue weighted by atomic mass is 9.89. The summed E-state index contributed by atoms with van der Waals surface area (Å²) in [6, 6.07) is 15.3.